The fourth-order valence-electron chi connectivity index (χ4n) is 4.07. The van der Waals surface area contributed by atoms with Gasteiger partial charge in [-0.1, -0.05) is 117 Å². The quantitative estimate of drug-likeness (QED) is 0.0554. The molecule has 1 N–H and O–H groups in total. The first kappa shape index (κ1) is 44.6. The molecule has 0 aromatic rings. The van der Waals surface area contributed by atoms with Crippen molar-refractivity contribution >= 4 is 34.0 Å². The topological polar surface area (TPSA) is 141 Å². The maximum Gasteiger partial charge on any atom is 1.00 e. The Bertz CT molecular complexity index is 800. The standard InChI is InChI=1S/C28H50O9S.2Na.2H/c1-3-5-7-9-11-13-15-17-19-21-25(29)36-27(31)23-24(38(33,34)35)28(32)37-26(30)22-20-18-16-14-12-10-8-6-4-2;;;;/h24H,3-23H2,1-2H3,(H,33,34,35);;;;/q;2*+1;2*-1. The molecule has 0 heterocycles. The van der Waals surface area contributed by atoms with Crippen LogP contribution in [0.1, 0.15) is 152 Å². The van der Waals surface area contributed by atoms with Crippen molar-refractivity contribution in [3.05, 3.63) is 0 Å². The van der Waals surface area contributed by atoms with E-state index < -0.39 is 45.7 Å². The number of unbranched alkanes of at least 4 members (excludes halogenated alkanes) is 16. The number of carbonyl (C=O) groups excluding carboxylic acids is 4. The maximum absolute atomic E-state index is 12.2. The Balaban J connectivity index is -0.00000114. The Morgan fingerprint density at radius 2 is 0.900 bits per heavy atom. The molecule has 12 heteroatoms. The molecular formula is C28H52Na2O9S. The van der Waals surface area contributed by atoms with Gasteiger partial charge < -0.3 is 12.3 Å². The number of esters is 4. The first-order chi connectivity index (χ1) is 18.1. The van der Waals surface area contributed by atoms with Gasteiger partial charge >= 0.3 is 83.0 Å². The van der Waals surface area contributed by atoms with Crippen molar-refractivity contribution in [2.45, 2.75) is 154 Å². The molecule has 226 valence electrons. The first-order valence-electron chi connectivity index (χ1n) is 14.6. The van der Waals surface area contributed by atoms with Crippen molar-refractivity contribution in [3.8, 4) is 0 Å². The molecule has 0 saturated carbocycles. The van der Waals surface area contributed by atoms with Gasteiger partial charge in [-0.25, -0.2) is 0 Å². The predicted octanol–water partition coefficient (Wildman–Crippen LogP) is 0.847. The van der Waals surface area contributed by atoms with E-state index in [0.717, 1.165) is 51.4 Å². The molecule has 1 atom stereocenters. The minimum atomic E-state index is -5.06. The van der Waals surface area contributed by atoms with Crippen LogP contribution in [0.3, 0.4) is 0 Å². The molecule has 0 radical (unpaired) electrons. The molecule has 1 unspecified atom stereocenters. The van der Waals surface area contributed by atoms with Gasteiger partial charge in [-0.05, 0) is 12.8 Å². The Labute approximate surface area is 289 Å². The van der Waals surface area contributed by atoms with Crippen LogP contribution >= 0.6 is 0 Å². The van der Waals surface area contributed by atoms with Crippen molar-refractivity contribution in [3.63, 3.8) is 0 Å². The summed E-state index contributed by atoms with van der Waals surface area (Å²) in [7, 11) is -5.06. The molecule has 0 bridgehead atoms. The fourth-order valence-corrected chi connectivity index (χ4v) is 4.71. The van der Waals surface area contributed by atoms with E-state index in [-0.39, 0.29) is 74.8 Å². The van der Waals surface area contributed by atoms with E-state index in [1.807, 2.05) is 0 Å². The Kier molecular flexibility index (Phi) is 32.7. The average Bonchev–Trinajstić information content (AvgIpc) is 2.84. The molecule has 0 aliphatic heterocycles. The Morgan fingerprint density at radius 1 is 0.575 bits per heavy atom. The minimum absolute atomic E-state index is 0. The van der Waals surface area contributed by atoms with E-state index in [2.05, 4.69) is 23.3 Å². The second-order valence-corrected chi connectivity index (χ2v) is 11.6. The van der Waals surface area contributed by atoms with E-state index in [1.54, 1.807) is 0 Å². The Hall–Kier alpha value is 0.190. The predicted molar refractivity (Wildman–Crippen MR) is 148 cm³/mol. The summed E-state index contributed by atoms with van der Waals surface area (Å²) < 4.78 is 41.7. The molecule has 9 nitrogen and oxygen atoms in total. The van der Waals surface area contributed by atoms with Crippen LogP contribution in [0.5, 0.6) is 0 Å². The first-order valence-corrected chi connectivity index (χ1v) is 16.1. The van der Waals surface area contributed by atoms with Gasteiger partial charge in [0.05, 0.1) is 6.42 Å². The van der Waals surface area contributed by atoms with Gasteiger partial charge in [-0.2, -0.15) is 8.42 Å². The van der Waals surface area contributed by atoms with Crippen molar-refractivity contribution in [1.29, 1.82) is 0 Å². The molecule has 0 aliphatic carbocycles. The molecule has 0 aliphatic rings. The van der Waals surface area contributed by atoms with E-state index in [0.29, 0.717) is 12.8 Å². The van der Waals surface area contributed by atoms with Crippen molar-refractivity contribution in [2.24, 2.45) is 0 Å². The van der Waals surface area contributed by atoms with Gasteiger partial charge in [-0.3, -0.25) is 23.7 Å². The summed E-state index contributed by atoms with van der Waals surface area (Å²) in [5, 5.41) is -2.33. The van der Waals surface area contributed by atoms with Crippen LogP contribution in [-0.4, -0.2) is 42.1 Å². The summed E-state index contributed by atoms with van der Waals surface area (Å²) in [6.45, 7) is 4.33. The Morgan fingerprint density at radius 3 is 1.25 bits per heavy atom. The molecular weight excluding hydrogens is 558 g/mol. The van der Waals surface area contributed by atoms with Crippen LogP contribution in [0.4, 0.5) is 0 Å². The molecule has 40 heavy (non-hydrogen) atoms. The molecule has 0 spiro atoms. The van der Waals surface area contributed by atoms with E-state index in [9.17, 15) is 32.1 Å². The van der Waals surface area contributed by atoms with Crippen molar-refractivity contribution < 1.29 is 104 Å². The van der Waals surface area contributed by atoms with Gasteiger partial charge in [0.2, 0.25) is 0 Å². The number of ether oxygens (including phenoxy) is 2. The van der Waals surface area contributed by atoms with Gasteiger partial charge in [0, 0.05) is 12.8 Å². The second kappa shape index (κ2) is 29.3. The molecule has 0 rings (SSSR count). The molecule has 0 saturated heterocycles. The van der Waals surface area contributed by atoms with Crippen LogP contribution in [0, 0.1) is 0 Å². The minimum Gasteiger partial charge on any atom is -1.00 e. The summed E-state index contributed by atoms with van der Waals surface area (Å²) >= 11 is 0. The van der Waals surface area contributed by atoms with Gasteiger partial charge in [0.1, 0.15) is 0 Å². The zero-order chi connectivity index (χ0) is 28.7. The van der Waals surface area contributed by atoms with Gasteiger partial charge in [-0.15, -0.1) is 0 Å². The van der Waals surface area contributed by atoms with Gasteiger partial charge in [0.25, 0.3) is 10.1 Å². The number of carbonyl (C=O) groups is 4. The summed E-state index contributed by atoms with van der Waals surface area (Å²) in [5.74, 6) is -4.60. The summed E-state index contributed by atoms with van der Waals surface area (Å²) in [5.41, 5.74) is 0. The average molecular weight is 611 g/mol. The number of rotatable bonds is 24. The molecule has 0 aromatic heterocycles. The van der Waals surface area contributed by atoms with Crippen LogP contribution in [0.15, 0.2) is 0 Å². The van der Waals surface area contributed by atoms with Crippen molar-refractivity contribution in [1.82, 2.24) is 0 Å². The summed E-state index contributed by atoms with van der Waals surface area (Å²) in [6.07, 6.45) is 17.4. The van der Waals surface area contributed by atoms with E-state index >= 15 is 0 Å². The van der Waals surface area contributed by atoms with Crippen LogP contribution in [0.25, 0.3) is 0 Å². The normalized spacial score (nSPS) is 11.6. The second-order valence-electron chi connectivity index (χ2n) is 10.0. The molecule has 0 amide bonds. The van der Waals surface area contributed by atoms with Gasteiger partial charge in [0.15, 0.2) is 5.25 Å². The smallest absolute Gasteiger partial charge is 1.00 e. The maximum atomic E-state index is 12.2. The molecule has 0 aromatic carbocycles. The largest absolute Gasteiger partial charge is 1.00 e. The summed E-state index contributed by atoms with van der Waals surface area (Å²) in [4.78, 5) is 48.0. The third-order valence-electron chi connectivity index (χ3n) is 6.39. The zero-order valence-corrected chi connectivity index (χ0v) is 30.4. The molecule has 0 fully saturated rings. The van der Waals surface area contributed by atoms with Crippen LogP contribution < -0.4 is 59.1 Å². The number of hydrogen-bond acceptors (Lipinski definition) is 8. The van der Waals surface area contributed by atoms with Crippen LogP contribution in [0.2, 0.25) is 0 Å². The van der Waals surface area contributed by atoms with E-state index in [1.165, 1.54) is 51.4 Å². The summed E-state index contributed by atoms with van der Waals surface area (Å²) in [6, 6.07) is 0. The van der Waals surface area contributed by atoms with Crippen molar-refractivity contribution in [2.75, 3.05) is 0 Å². The number of hydrogen-bond donors (Lipinski definition) is 1. The zero-order valence-electron chi connectivity index (χ0n) is 27.5. The third-order valence-corrected chi connectivity index (χ3v) is 7.46. The fraction of sp³-hybridized carbons (Fsp3) is 0.857. The SMILES string of the molecule is CCCCCCCCCCCC(=O)OC(=O)CC(C(=O)OC(=O)CCCCCCCCCCC)S(=O)(=O)O.[H-].[H-].[Na+].[Na+]. The third kappa shape index (κ3) is 27.0. The monoisotopic (exact) mass is 610 g/mol. The van der Waals surface area contributed by atoms with E-state index in [4.69, 9.17) is 0 Å². The van der Waals surface area contributed by atoms with Crippen LogP contribution in [-0.2, 0) is 38.8 Å².